The van der Waals surface area contributed by atoms with Crippen molar-refractivity contribution in [2.24, 2.45) is 5.73 Å². The van der Waals surface area contributed by atoms with Crippen molar-refractivity contribution >= 4 is 0 Å². The van der Waals surface area contributed by atoms with Crippen LogP contribution in [0, 0.1) is 0 Å². The van der Waals surface area contributed by atoms with E-state index in [1.807, 2.05) is 18.2 Å². The number of hydrogen-bond acceptors (Lipinski definition) is 3. The molecule has 1 aromatic carbocycles. The van der Waals surface area contributed by atoms with Crippen LogP contribution in [0.4, 0.5) is 0 Å². The second-order valence-corrected chi connectivity index (χ2v) is 4.56. The largest absolute Gasteiger partial charge is 0.385 e. The second-order valence-electron chi connectivity index (χ2n) is 4.56. The van der Waals surface area contributed by atoms with Crippen LogP contribution < -0.4 is 5.73 Å². The van der Waals surface area contributed by atoms with Crippen LogP contribution in [0.3, 0.4) is 0 Å². The number of nitrogens with two attached hydrogens (primary N) is 1. The molecule has 4 nitrogen and oxygen atoms in total. The molecule has 1 aromatic heterocycles. The predicted octanol–water partition coefficient (Wildman–Crippen LogP) is 2.68. The molecule has 0 saturated carbocycles. The number of nitrogens with zero attached hydrogens (tertiary/aromatic N) is 1. The molecule has 0 aliphatic carbocycles. The quantitative estimate of drug-likeness (QED) is 0.838. The van der Waals surface area contributed by atoms with Crippen LogP contribution in [0.2, 0.25) is 0 Å². The number of nitrogens with one attached hydrogen (secondary N) is 1. The van der Waals surface area contributed by atoms with E-state index in [0.717, 1.165) is 35.6 Å². The van der Waals surface area contributed by atoms with Gasteiger partial charge in [-0.15, -0.1) is 0 Å². The standard InChI is InChI=1S/C15H21N3O/c1-3-13-14(11-7-5-4-6-8-11)18-15(17-13)12(16)9-10-19-2/h4-8,12H,3,9-10,16H2,1-2H3,(H,17,18). The monoisotopic (exact) mass is 259 g/mol. The van der Waals surface area contributed by atoms with Crippen LogP contribution in [0.25, 0.3) is 11.3 Å². The van der Waals surface area contributed by atoms with Crippen LogP contribution in [0.15, 0.2) is 30.3 Å². The summed E-state index contributed by atoms with van der Waals surface area (Å²) in [5.41, 5.74) is 9.39. The van der Waals surface area contributed by atoms with E-state index in [-0.39, 0.29) is 6.04 Å². The highest BCUT2D eigenvalue weighted by molar-refractivity contribution is 5.62. The van der Waals surface area contributed by atoms with Crippen molar-refractivity contribution < 1.29 is 4.74 Å². The van der Waals surface area contributed by atoms with Gasteiger partial charge in [0.15, 0.2) is 0 Å². The molecule has 1 heterocycles. The number of aryl methyl sites for hydroxylation is 1. The normalized spacial score (nSPS) is 12.6. The maximum atomic E-state index is 6.12. The molecule has 4 heteroatoms. The third-order valence-corrected chi connectivity index (χ3v) is 3.18. The van der Waals surface area contributed by atoms with Gasteiger partial charge in [0.05, 0.1) is 11.7 Å². The molecule has 1 unspecified atom stereocenters. The van der Waals surface area contributed by atoms with Gasteiger partial charge in [-0.1, -0.05) is 37.3 Å². The number of aromatic nitrogens is 2. The lowest BCUT2D eigenvalue weighted by molar-refractivity contribution is 0.187. The van der Waals surface area contributed by atoms with Crippen molar-refractivity contribution in [3.63, 3.8) is 0 Å². The number of aromatic amines is 1. The SMILES string of the molecule is CCc1[nH]c(C(N)CCOC)nc1-c1ccccc1. The van der Waals surface area contributed by atoms with Gasteiger partial charge in [-0.3, -0.25) is 0 Å². The van der Waals surface area contributed by atoms with Crippen LogP contribution in [-0.4, -0.2) is 23.7 Å². The minimum Gasteiger partial charge on any atom is -0.385 e. The molecule has 0 bridgehead atoms. The number of rotatable bonds is 6. The molecule has 102 valence electrons. The van der Waals surface area contributed by atoms with Gasteiger partial charge in [0.2, 0.25) is 0 Å². The molecule has 3 N–H and O–H groups in total. The van der Waals surface area contributed by atoms with Gasteiger partial charge in [0.1, 0.15) is 5.82 Å². The average molecular weight is 259 g/mol. The lowest BCUT2D eigenvalue weighted by Crippen LogP contribution is -2.14. The van der Waals surface area contributed by atoms with Crippen molar-refractivity contribution in [3.8, 4) is 11.3 Å². The van der Waals surface area contributed by atoms with E-state index in [4.69, 9.17) is 10.5 Å². The van der Waals surface area contributed by atoms with Crippen LogP contribution in [-0.2, 0) is 11.2 Å². The van der Waals surface area contributed by atoms with Crippen molar-refractivity contribution in [3.05, 3.63) is 41.9 Å². The number of methoxy groups -OCH3 is 1. The molecule has 0 fully saturated rings. The first-order valence-electron chi connectivity index (χ1n) is 6.65. The Hall–Kier alpha value is -1.65. The van der Waals surface area contributed by atoms with E-state index in [1.165, 1.54) is 0 Å². The molecular weight excluding hydrogens is 238 g/mol. The van der Waals surface area contributed by atoms with E-state index in [1.54, 1.807) is 7.11 Å². The Morgan fingerprint density at radius 3 is 2.68 bits per heavy atom. The van der Waals surface area contributed by atoms with Gasteiger partial charge < -0.3 is 15.5 Å². The van der Waals surface area contributed by atoms with Crippen molar-refractivity contribution in [1.82, 2.24) is 9.97 Å². The number of H-pyrrole nitrogens is 1. The van der Waals surface area contributed by atoms with E-state index in [9.17, 15) is 0 Å². The highest BCUT2D eigenvalue weighted by Crippen LogP contribution is 2.24. The first-order valence-corrected chi connectivity index (χ1v) is 6.65. The average Bonchev–Trinajstić information content (AvgIpc) is 2.90. The summed E-state index contributed by atoms with van der Waals surface area (Å²) in [6.45, 7) is 2.76. The molecule has 19 heavy (non-hydrogen) atoms. The third-order valence-electron chi connectivity index (χ3n) is 3.18. The molecule has 0 aliphatic heterocycles. The Kier molecular flexibility index (Phi) is 4.71. The van der Waals surface area contributed by atoms with Gasteiger partial charge in [0, 0.05) is 25.0 Å². The van der Waals surface area contributed by atoms with Gasteiger partial charge in [-0.05, 0) is 12.8 Å². The zero-order valence-electron chi connectivity index (χ0n) is 11.5. The van der Waals surface area contributed by atoms with E-state index < -0.39 is 0 Å². The lowest BCUT2D eigenvalue weighted by atomic mass is 10.1. The Labute approximate surface area is 114 Å². The summed E-state index contributed by atoms with van der Waals surface area (Å²) in [5.74, 6) is 0.841. The topological polar surface area (TPSA) is 63.9 Å². The first kappa shape index (κ1) is 13.8. The number of ether oxygens (including phenoxy) is 1. The number of benzene rings is 1. The summed E-state index contributed by atoms with van der Waals surface area (Å²) in [5, 5.41) is 0. The molecule has 2 aromatic rings. The van der Waals surface area contributed by atoms with Gasteiger partial charge in [0.25, 0.3) is 0 Å². The predicted molar refractivity (Wildman–Crippen MR) is 76.8 cm³/mol. The highest BCUT2D eigenvalue weighted by atomic mass is 16.5. The molecule has 0 spiro atoms. The molecule has 1 atom stereocenters. The van der Waals surface area contributed by atoms with E-state index >= 15 is 0 Å². The second kappa shape index (κ2) is 6.50. The van der Waals surface area contributed by atoms with E-state index in [0.29, 0.717) is 6.61 Å². The maximum Gasteiger partial charge on any atom is 0.124 e. The Morgan fingerprint density at radius 2 is 2.05 bits per heavy atom. The van der Waals surface area contributed by atoms with Gasteiger partial charge >= 0.3 is 0 Å². The zero-order valence-corrected chi connectivity index (χ0v) is 11.5. The summed E-state index contributed by atoms with van der Waals surface area (Å²) < 4.78 is 5.06. The molecular formula is C15H21N3O. The Bertz CT molecular complexity index is 507. The first-order chi connectivity index (χ1) is 9.26. The molecule has 0 amide bonds. The summed E-state index contributed by atoms with van der Waals surface area (Å²) in [4.78, 5) is 8.01. The summed E-state index contributed by atoms with van der Waals surface area (Å²) in [6.07, 6.45) is 1.68. The molecule has 0 aliphatic rings. The highest BCUT2D eigenvalue weighted by Gasteiger charge is 2.15. The zero-order chi connectivity index (χ0) is 13.7. The van der Waals surface area contributed by atoms with Gasteiger partial charge in [-0.25, -0.2) is 4.98 Å². The minimum absolute atomic E-state index is 0.109. The number of hydrogen-bond donors (Lipinski definition) is 2. The molecule has 0 radical (unpaired) electrons. The molecule has 2 rings (SSSR count). The van der Waals surface area contributed by atoms with E-state index in [2.05, 4.69) is 29.0 Å². The Balaban J connectivity index is 2.27. The summed E-state index contributed by atoms with van der Waals surface area (Å²) in [7, 11) is 1.68. The fourth-order valence-electron chi connectivity index (χ4n) is 2.08. The van der Waals surface area contributed by atoms with Crippen LogP contribution >= 0.6 is 0 Å². The summed E-state index contributed by atoms with van der Waals surface area (Å²) in [6, 6.07) is 10.1. The van der Waals surface area contributed by atoms with Crippen molar-refractivity contribution in [2.45, 2.75) is 25.8 Å². The summed E-state index contributed by atoms with van der Waals surface area (Å²) >= 11 is 0. The third kappa shape index (κ3) is 3.22. The van der Waals surface area contributed by atoms with Crippen molar-refractivity contribution in [2.75, 3.05) is 13.7 Å². The smallest absolute Gasteiger partial charge is 0.124 e. The minimum atomic E-state index is -0.109. The Morgan fingerprint density at radius 1 is 1.32 bits per heavy atom. The van der Waals surface area contributed by atoms with Crippen molar-refractivity contribution in [1.29, 1.82) is 0 Å². The fourth-order valence-corrected chi connectivity index (χ4v) is 2.08. The molecule has 0 saturated heterocycles. The van der Waals surface area contributed by atoms with Crippen LogP contribution in [0.5, 0.6) is 0 Å². The number of imidazole rings is 1. The maximum absolute atomic E-state index is 6.12. The lowest BCUT2D eigenvalue weighted by Gasteiger charge is -2.07. The fraction of sp³-hybridized carbons (Fsp3) is 0.400. The van der Waals surface area contributed by atoms with Crippen LogP contribution in [0.1, 0.15) is 30.9 Å². The van der Waals surface area contributed by atoms with Gasteiger partial charge in [-0.2, -0.15) is 0 Å².